The molecule has 2 aliphatic heterocycles. The molecule has 6 rings (SSSR count). The number of aryl methyl sites for hydroxylation is 3. The second kappa shape index (κ2) is 9.87. The third kappa shape index (κ3) is 4.81. The second-order valence-corrected chi connectivity index (χ2v) is 11.0. The molecule has 0 radical (unpaired) electrons. The summed E-state index contributed by atoms with van der Waals surface area (Å²) in [6.45, 7) is 7.78. The number of nitrogens with one attached hydrogen (secondary N) is 1. The average Bonchev–Trinajstić information content (AvgIpc) is 3.48. The molecule has 0 saturated carbocycles. The van der Waals surface area contributed by atoms with Gasteiger partial charge in [-0.15, -0.1) is 11.3 Å². The van der Waals surface area contributed by atoms with E-state index in [0.29, 0.717) is 5.76 Å². The summed E-state index contributed by atoms with van der Waals surface area (Å²) in [5.74, 6) is 3.03. The van der Waals surface area contributed by atoms with Crippen LogP contribution in [-0.2, 0) is 24.1 Å². The SMILES string of the molecule is Cc1ccc(C(=O)NC2CCN(c3nc(CN4CCOCC4)nc4sc5c(c34)CCCC5)CC2)o1. The Morgan fingerprint density at radius 1 is 1.11 bits per heavy atom. The van der Waals surface area contributed by atoms with Crippen LogP contribution < -0.4 is 10.2 Å². The summed E-state index contributed by atoms with van der Waals surface area (Å²) in [4.78, 5) is 30.2. The van der Waals surface area contributed by atoms with E-state index in [4.69, 9.17) is 19.1 Å². The first-order valence-corrected chi connectivity index (χ1v) is 13.7. The van der Waals surface area contributed by atoms with Crippen LogP contribution >= 0.6 is 11.3 Å². The third-order valence-corrected chi connectivity index (χ3v) is 8.59. The molecule has 35 heavy (non-hydrogen) atoms. The first-order chi connectivity index (χ1) is 17.1. The Morgan fingerprint density at radius 2 is 1.91 bits per heavy atom. The summed E-state index contributed by atoms with van der Waals surface area (Å²) in [5, 5.41) is 4.44. The number of furan rings is 1. The van der Waals surface area contributed by atoms with Gasteiger partial charge in [0, 0.05) is 37.1 Å². The van der Waals surface area contributed by atoms with E-state index >= 15 is 0 Å². The van der Waals surface area contributed by atoms with Crippen LogP contribution in [0.25, 0.3) is 10.2 Å². The standard InChI is InChI=1S/C26H33N5O3S/c1-17-6-7-20(34-17)25(32)27-18-8-10-31(11-9-18)24-23-19-4-2-3-5-21(19)35-26(23)29-22(28-24)16-30-12-14-33-15-13-30/h6-7,18H,2-5,8-16H2,1H3,(H,27,32). The highest BCUT2D eigenvalue weighted by Gasteiger charge is 2.28. The lowest BCUT2D eigenvalue weighted by molar-refractivity contribution is 0.0331. The average molecular weight is 496 g/mol. The zero-order chi connectivity index (χ0) is 23.8. The molecule has 3 aromatic heterocycles. The van der Waals surface area contributed by atoms with E-state index in [-0.39, 0.29) is 11.9 Å². The molecule has 0 aromatic carbocycles. The van der Waals surface area contributed by atoms with Gasteiger partial charge in [-0.05, 0) is 63.1 Å². The van der Waals surface area contributed by atoms with E-state index in [1.807, 2.05) is 24.3 Å². The molecule has 8 nitrogen and oxygen atoms in total. The highest BCUT2D eigenvalue weighted by Crippen LogP contribution is 2.40. The van der Waals surface area contributed by atoms with Gasteiger partial charge in [-0.2, -0.15) is 0 Å². The molecule has 2 fully saturated rings. The van der Waals surface area contributed by atoms with Crippen molar-refractivity contribution in [1.82, 2.24) is 20.2 Å². The van der Waals surface area contributed by atoms with Crippen molar-refractivity contribution >= 4 is 33.3 Å². The Bertz CT molecular complexity index is 1210. The Labute approximate surface area is 209 Å². The minimum atomic E-state index is -0.124. The molecule has 3 aromatic rings. The molecule has 0 atom stereocenters. The Kier molecular flexibility index (Phi) is 6.47. The molecule has 1 N–H and O–H groups in total. The third-order valence-electron chi connectivity index (χ3n) is 7.40. The van der Waals surface area contributed by atoms with Gasteiger partial charge in [-0.25, -0.2) is 9.97 Å². The number of ether oxygens (including phenoxy) is 1. The van der Waals surface area contributed by atoms with Crippen molar-refractivity contribution in [3.8, 4) is 0 Å². The topological polar surface area (TPSA) is 83.7 Å². The predicted octanol–water partition coefficient (Wildman–Crippen LogP) is 3.70. The molecule has 0 spiro atoms. The van der Waals surface area contributed by atoms with Gasteiger partial charge >= 0.3 is 0 Å². The van der Waals surface area contributed by atoms with E-state index < -0.39 is 0 Å². The highest BCUT2D eigenvalue weighted by molar-refractivity contribution is 7.19. The number of amides is 1. The number of nitrogens with zero attached hydrogens (tertiary/aromatic N) is 4. The summed E-state index contributed by atoms with van der Waals surface area (Å²) in [6, 6.07) is 3.71. The molecular weight excluding hydrogens is 462 g/mol. The lowest BCUT2D eigenvalue weighted by atomic mass is 9.96. The number of carbonyl (C=O) groups excluding carboxylic acids is 1. The van der Waals surface area contributed by atoms with Gasteiger partial charge in [0.05, 0.1) is 25.1 Å². The summed E-state index contributed by atoms with van der Waals surface area (Å²) in [5.41, 5.74) is 1.48. The lowest BCUT2D eigenvalue weighted by Crippen LogP contribution is -2.45. The maximum absolute atomic E-state index is 12.6. The molecular formula is C26H33N5O3S. The minimum Gasteiger partial charge on any atom is -0.456 e. The van der Waals surface area contributed by atoms with Gasteiger partial charge in [0.25, 0.3) is 5.91 Å². The van der Waals surface area contributed by atoms with Crippen molar-refractivity contribution in [2.24, 2.45) is 0 Å². The zero-order valence-electron chi connectivity index (χ0n) is 20.3. The van der Waals surface area contributed by atoms with Crippen molar-refractivity contribution in [3.05, 3.63) is 39.9 Å². The number of anilines is 1. The maximum Gasteiger partial charge on any atom is 0.287 e. The van der Waals surface area contributed by atoms with Crippen molar-refractivity contribution in [2.45, 2.75) is 58.0 Å². The van der Waals surface area contributed by atoms with Crippen LogP contribution in [0, 0.1) is 6.92 Å². The van der Waals surface area contributed by atoms with Crippen LogP contribution in [-0.4, -0.2) is 66.2 Å². The van der Waals surface area contributed by atoms with Crippen LogP contribution in [0.1, 0.15) is 58.3 Å². The van der Waals surface area contributed by atoms with E-state index in [1.165, 1.54) is 28.7 Å². The van der Waals surface area contributed by atoms with E-state index in [1.54, 1.807) is 6.07 Å². The lowest BCUT2D eigenvalue weighted by Gasteiger charge is -2.34. The van der Waals surface area contributed by atoms with Gasteiger partial charge in [0.2, 0.25) is 0 Å². The fraction of sp³-hybridized carbons (Fsp3) is 0.577. The Balaban J connectivity index is 1.23. The van der Waals surface area contributed by atoms with Crippen molar-refractivity contribution in [3.63, 3.8) is 0 Å². The number of morpholine rings is 1. The molecule has 9 heteroatoms. The van der Waals surface area contributed by atoms with Gasteiger partial charge in [0.1, 0.15) is 22.2 Å². The largest absolute Gasteiger partial charge is 0.456 e. The molecule has 0 unspecified atom stereocenters. The first-order valence-electron chi connectivity index (χ1n) is 12.9. The highest BCUT2D eigenvalue weighted by atomic mass is 32.1. The fourth-order valence-corrected chi connectivity index (χ4v) is 6.76. The summed E-state index contributed by atoms with van der Waals surface area (Å²) in [7, 11) is 0. The predicted molar refractivity (Wildman–Crippen MR) is 136 cm³/mol. The molecule has 1 amide bonds. The summed E-state index contributed by atoms with van der Waals surface area (Å²) >= 11 is 1.87. The van der Waals surface area contributed by atoms with E-state index in [2.05, 4.69) is 15.1 Å². The normalized spacial score (nSPS) is 19.7. The molecule has 186 valence electrons. The first kappa shape index (κ1) is 22.9. The van der Waals surface area contributed by atoms with Gasteiger partial charge in [0.15, 0.2) is 5.76 Å². The summed E-state index contributed by atoms with van der Waals surface area (Å²) in [6.07, 6.45) is 6.58. The molecule has 5 heterocycles. The van der Waals surface area contributed by atoms with Gasteiger partial charge in [-0.3, -0.25) is 9.69 Å². The molecule has 3 aliphatic rings. The Hall–Kier alpha value is -2.49. The number of aromatic nitrogens is 2. The van der Waals surface area contributed by atoms with Crippen LogP contribution in [0.2, 0.25) is 0 Å². The Morgan fingerprint density at radius 3 is 2.69 bits per heavy atom. The minimum absolute atomic E-state index is 0.124. The molecule has 1 aliphatic carbocycles. The second-order valence-electron chi connectivity index (χ2n) is 9.89. The van der Waals surface area contributed by atoms with Crippen LogP contribution in [0.5, 0.6) is 0 Å². The van der Waals surface area contributed by atoms with Crippen molar-refractivity contribution in [2.75, 3.05) is 44.3 Å². The van der Waals surface area contributed by atoms with Crippen LogP contribution in [0.4, 0.5) is 5.82 Å². The quantitative estimate of drug-likeness (QED) is 0.578. The monoisotopic (exact) mass is 495 g/mol. The van der Waals surface area contributed by atoms with E-state index in [9.17, 15) is 4.79 Å². The summed E-state index contributed by atoms with van der Waals surface area (Å²) < 4.78 is 11.0. The number of thiophene rings is 1. The van der Waals surface area contributed by atoms with Crippen LogP contribution in [0.15, 0.2) is 16.5 Å². The molecule has 0 bridgehead atoms. The smallest absolute Gasteiger partial charge is 0.287 e. The number of hydrogen-bond donors (Lipinski definition) is 1. The zero-order valence-corrected chi connectivity index (χ0v) is 21.2. The number of carbonyl (C=O) groups is 1. The molecule has 2 saturated heterocycles. The maximum atomic E-state index is 12.6. The van der Waals surface area contributed by atoms with Gasteiger partial charge in [-0.1, -0.05) is 0 Å². The van der Waals surface area contributed by atoms with Crippen LogP contribution in [0.3, 0.4) is 0 Å². The fourth-order valence-electron chi connectivity index (χ4n) is 5.49. The number of rotatable bonds is 5. The van der Waals surface area contributed by atoms with Crippen molar-refractivity contribution in [1.29, 1.82) is 0 Å². The van der Waals surface area contributed by atoms with Crippen molar-refractivity contribution < 1.29 is 13.9 Å². The van der Waals surface area contributed by atoms with E-state index in [0.717, 1.165) is 93.9 Å². The number of fused-ring (bicyclic) bond motifs is 3. The number of hydrogen-bond acceptors (Lipinski definition) is 8. The number of piperidine rings is 1. The van der Waals surface area contributed by atoms with Gasteiger partial charge < -0.3 is 19.4 Å².